The fourth-order valence-electron chi connectivity index (χ4n) is 4.34. The van der Waals surface area contributed by atoms with Crippen LogP contribution in [0.25, 0.3) is 0 Å². The predicted molar refractivity (Wildman–Crippen MR) is 74.9 cm³/mol. The molecule has 5 unspecified atom stereocenters. The first-order chi connectivity index (χ1) is 8.97. The zero-order valence-electron chi connectivity index (χ0n) is 12.4. The first-order valence-electron chi connectivity index (χ1n) is 7.69. The highest BCUT2D eigenvalue weighted by molar-refractivity contribution is 5.21. The van der Waals surface area contributed by atoms with E-state index < -0.39 is 0 Å². The van der Waals surface area contributed by atoms with Gasteiger partial charge in [0.2, 0.25) is 0 Å². The summed E-state index contributed by atoms with van der Waals surface area (Å²) in [6, 6.07) is 0. The third-order valence-corrected chi connectivity index (χ3v) is 6.02. The molecule has 0 bridgehead atoms. The van der Waals surface area contributed by atoms with Crippen LogP contribution in [-0.4, -0.2) is 44.1 Å². The second-order valence-corrected chi connectivity index (χ2v) is 7.20. The SMILES string of the molecule is CC1OCCC1CNCC1(N)C2CCOC2C1(C)C. The molecular formula is C15H28N2O2. The Morgan fingerprint density at radius 1 is 1.21 bits per heavy atom. The number of nitrogens with one attached hydrogen (secondary N) is 1. The van der Waals surface area contributed by atoms with Gasteiger partial charge in [-0.1, -0.05) is 13.8 Å². The van der Waals surface area contributed by atoms with Gasteiger partial charge in [0.25, 0.3) is 0 Å². The van der Waals surface area contributed by atoms with Gasteiger partial charge in [-0.2, -0.15) is 0 Å². The number of fused-ring (bicyclic) bond motifs is 1. The lowest BCUT2D eigenvalue weighted by molar-refractivity contribution is -0.153. The summed E-state index contributed by atoms with van der Waals surface area (Å²) in [5, 5.41) is 3.61. The first kappa shape index (κ1) is 13.8. The molecule has 3 rings (SSSR count). The average Bonchev–Trinajstić information content (AvgIpc) is 2.97. The Balaban J connectivity index is 1.54. The Morgan fingerprint density at radius 2 is 1.95 bits per heavy atom. The van der Waals surface area contributed by atoms with Gasteiger partial charge in [0.15, 0.2) is 0 Å². The van der Waals surface area contributed by atoms with Gasteiger partial charge in [0.05, 0.1) is 12.2 Å². The van der Waals surface area contributed by atoms with E-state index in [-0.39, 0.29) is 11.0 Å². The number of rotatable bonds is 4. The Labute approximate surface area is 116 Å². The number of hydrogen-bond donors (Lipinski definition) is 2. The minimum absolute atomic E-state index is 0.0823. The molecule has 0 aromatic carbocycles. The van der Waals surface area contributed by atoms with E-state index in [2.05, 4.69) is 26.1 Å². The molecule has 0 aromatic rings. The van der Waals surface area contributed by atoms with Gasteiger partial charge < -0.3 is 20.5 Å². The van der Waals surface area contributed by atoms with Crippen molar-refractivity contribution in [3.63, 3.8) is 0 Å². The predicted octanol–water partition coefficient (Wildman–Crippen LogP) is 1.14. The highest BCUT2D eigenvalue weighted by Crippen LogP contribution is 2.57. The molecule has 4 heteroatoms. The standard InChI is InChI=1S/C15H28N2O2/c1-10-11(4-6-18-10)8-17-9-15(16)12-5-7-19-13(12)14(15,2)3/h10-13,17H,4-9,16H2,1-3H3. The van der Waals surface area contributed by atoms with Crippen LogP contribution in [-0.2, 0) is 9.47 Å². The van der Waals surface area contributed by atoms with Crippen LogP contribution in [0.15, 0.2) is 0 Å². The van der Waals surface area contributed by atoms with Crippen LogP contribution in [0.4, 0.5) is 0 Å². The lowest BCUT2D eigenvalue weighted by atomic mass is 9.48. The summed E-state index contributed by atoms with van der Waals surface area (Å²) in [7, 11) is 0. The van der Waals surface area contributed by atoms with Gasteiger partial charge in [-0.15, -0.1) is 0 Å². The summed E-state index contributed by atoms with van der Waals surface area (Å²) in [5.74, 6) is 1.18. The van der Waals surface area contributed by atoms with Gasteiger partial charge in [-0.3, -0.25) is 0 Å². The molecule has 1 saturated carbocycles. The quantitative estimate of drug-likeness (QED) is 0.803. The van der Waals surface area contributed by atoms with Crippen molar-refractivity contribution < 1.29 is 9.47 Å². The van der Waals surface area contributed by atoms with Crippen molar-refractivity contribution in [2.45, 2.75) is 51.4 Å². The lowest BCUT2D eigenvalue weighted by Crippen LogP contribution is -2.78. The molecule has 3 fully saturated rings. The molecule has 5 atom stereocenters. The molecule has 0 amide bonds. The average molecular weight is 268 g/mol. The third-order valence-electron chi connectivity index (χ3n) is 6.02. The zero-order valence-corrected chi connectivity index (χ0v) is 12.4. The first-order valence-corrected chi connectivity index (χ1v) is 7.69. The van der Waals surface area contributed by atoms with Crippen LogP contribution in [0.3, 0.4) is 0 Å². The van der Waals surface area contributed by atoms with Gasteiger partial charge >= 0.3 is 0 Å². The van der Waals surface area contributed by atoms with Crippen molar-refractivity contribution >= 4 is 0 Å². The normalized spacial score (nSPS) is 48.0. The largest absolute Gasteiger partial charge is 0.378 e. The molecule has 0 radical (unpaired) electrons. The van der Waals surface area contributed by atoms with Gasteiger partial charge in [0, 0.05) is 43.2 Å². The van der Waals surface area contributed by atoms with E-state index in [0.29, 0.717) is 24.0 Å². The topological polar surface area (TPSA) is 56.5 Å². The van der Waals surface area contributed by atoms with E-state index in [1.807, 2.05) is 0 Å². The molecule has 4 nitrogen and oxygen atoms in total. The minimum atomic E-state index is -0.114. The van der Waals surface area contributed by atoms with Gasteiger partial charge in [0.1, 0.15) is 0 Å². The highest BCUT2D eigenvalue weighted by Gasteiger charge is 2.67. The maximum Gasteiger partial charge on any atom is 0.0691 e. The maximum absolute atomic E-state index is 6.71. The van der Waals surface area contributed by atoms with Crippen molar-refractivity contribution in [1.29, 1.82) is 0 Å². The third kappa shape index (κ3) is 1.96. The fourth-order valence-corrected chi connectivity index (χ4v) is 4.34. The summed E-state index contributed by atoms with van der Waals surface area (Å²) < 4.78 is 11.4. The molecule has 3 N–H and O–H groups in total. The van der Waals surface area contributed by atoms with Crippen LogP contribution in [0, 0.1) is 17.3 Å². The Kier molecular flexibility index (Phi) is 3.41. The van der Waals surface area contributed by atoms with Gasteiger partial charge in [-0.25, -0.2) is 0 Å². The Bertz CT molecular complexity index is 347. The molecule has 3 aliphatic rings. The highest BCUT2D eigenvalue weighted by atomic mass is 16.5. The van der Waals surface area contributed by atoms with E-state index in [0.717, 1.165) is 32.7 Å². The summed E-state index contributed by atoms with van der Waals surface area (Å²) in [4.78, 5) is 0. The lowest BCUT2D eigenvalue weighted by Gasteiger charge is -2.62. The van der Waals surface area contributed by atoms with Gasteiger partial charge in [-0.05, 0) is 25.7 Å². The van der Waals surface area contributed by atoms with Crippen LogP contribution in [0.5, 0.6) is 0 Å². The molecule has 1 aliphatic carbocycles. The monoisotopic (exact) mass is 268 g/mol. The van der Waals surface area contributed by atoms with Crippen molar-refractivity contribution in [3.8, 4) is 0 Å². The minimum Gasteiger partial charge on any atom is -0.378 e. The smallest absolute Gasteiger partial charge is 0.0691 e. The van der Waals surface area contributed by atoms with Crippen LogP contribution in [0.2, 0.25) is 0 Å². The summed E-state index contributed by atoms with van der Waals surface area (Å²) in [6.07, 6.45) is 3.05. The summed E-state index contributed by atoms with van der Waals surface area (Å²) in [6.45, 7) is 10.4. The van der Waals surface area contributed by atoms with E-state index in [9.17, 15) is 0 Å². The maximum atomic E-state index is 6.71. The molecule has 2 heterocycles. The summed E-state index contributed by atoms with van der Waals surface area (Å²) >= 11 is 0. The molecule has 2 aliphatic heterocycles. The Hall–Kier alpha value is -0.160. The molecule has 110 valence electrons. The fraction of sp³-hybridized carbons (Fsp3) is 1.00. The molecule has 0 aromatic heterocycles. The molecular weight excluding hydrogens is 240 g/mol. The molecule has 2 saturated heterocycles. The number of nitrogens with two attached hydrogens (primary N) is 1. The number of ether oxygens (including phenoxy) is 2. The van der Waals surface area contributed by atoms with E-state index >= 15 is 0 Å². The number of hydrogen-bond acceptors (Lipinski definition) is 4. The summed E-state index contributed by atoms with van der Waals surface area (Å²) in [5.41, 5.74) is 6.68. The van der Waals surface area contributed by atoms with E-state index in [4.69, 9.17) is 15.2 Å². The van der Waals surface area contributed by atoms with Crippen molar-refractivity contribution in [2.75, 3.05) is 26.3 Å². The van der Waals surface area contributed by atoms with Crippen LogP contribution in [0.1, 0.15) is 33.6 Å². The van der Waals surface area contributed by atoms with Crippen molar-refractivity contribution in [2.24, 2.45) is 23.0 Å². The zero-order chi connectivity index (χ0) is 13.7. The molecule has 0 spiro atoms. The second-order valence-electron chi connectivity index (χ2n) is 7.20. The van der Waals surface area contributed by atoms with Crippen LogP contribution >= 0.6 is 0 Å². The van der Waals surface area contributed by atoms with E-state index in [1.54, 1.807) is 0 Å². The van der Waals surface area contributed by atoms with E-state index in [1.165, 1.54) is 6.42 Å². The molecule has 19 heavy (non-hydrogen) atoms. The van der Waals surface area contributed by atoms with Crippen molar-refractivity contribution in [1.82, 2.24) is 5.32 Å². The second kappa shape index (κ2) is 4.69. The Morgan fingerprint density at radius 3 is 2.63 bits per heavy atom. The van der Waals surface area contributed by atoms with Crippen LogP contribution < -0.4 is 11.1 Å². The van der Waals surface area contributed by atoms with Crippen molar-refractivity contribution in [3.05, 3.63) is 0 Å².